The highest BCUT2D eigenvalue weighted by atomic mass is 15.3. The summed E-state index contributed by atoms with van der Waals surface area (Å²) in [4.78, 5) is 6.62. The van der Waals surface area contributed by atoms with Crippen molar-refractivity contribution < 1.29 is 11.0 Å². The molecule has 158 valence electrons. The molecule has 3 rings (SSSR count). The van der Waals surface area contributed by atoms with Gasteiger partial charge in [-0.05, 0) is 86.2 Å². The molecule has 3 fully saturated rings. The molecule has 3 aliphatic heterocycles. The van der Waals surface area contributed by atoms with Crippen molar-refractivity contribution in [2.45, 2.75) is 84.3 Å². The zero-order valence-corrected chi connectivity index (χ0v) is 18.3. The van der Waals surface area contributed by atoms with Crippen LogP contribution in [0, 0.1) is 5.92 Å². The van der Waals surface area contributed by atoms with Crippen LogP contribution in [-0.4, -0.2) is 95.4 Å². The number of nitrogens with zero attached hydrogens (tertiary/aromatic N) is 4. The van der Waals surface area contributed by atoms with E-state index in [1.807, 2.05) is 0 Å². The first-order valence-electron chi connectivity index (χ1n) is 14.7. The third kappa shape index (κ3) is 5.91. The molecular weight excluding hydrogens is 332 g/mol. The van der Waals surface area contributed by atoms with E-state index in [0.29, 0.717) is 6.04 Å². The molecule has 0 unspecified atom stereocenters. The number of hydrogen-bond donors (Lipinski definition) is 0. The van der Waals surface area contributed by atoms with Gasteiger partial charge >= 0.3 is 0 Å². The Morgan fingerprint density at radius 1 is 0.704 bits per heavy atom. The van der Waals surface area contributed by atoms with Crippen LogP contribution in [0.2, 0.25) is 0 Å². The van der Waals surface area contributed by atoms with Crippen molar-refractivity contribution in [3.8, 4) is 0 Å². The molecule has 4 nitrogen and oxygen atoms in total. The Balaban J connectivity index is 1.70. The van der Waals surface area contributed by atoms with E-state index in [2.05, 4.69) is 30.6 Å². The molecule has 27 heavy (non-hydrogen) atoms. The first-order valence-corrected chi connectivity index (χ1v) is 10.7. The third-order valence-corrected chi connectivity index (χ3v) is 6.28. The molecule has 0 aromatic carbocycles. The van der Waals surface area contributed by atoms with E-state index in [0.717, 1.165) is 61.7 Å². The van der Waals surface area contributed by atoms with Crippen molar-refractivity contribution in [1.82, 2.24) is 19.6 Å². The zero-order valence-electron chi connectivity index (χ0n) is 26.3. The molecule has 0 saturated carbocycles. The van der Waals surface area contributed by atoms with Gasteiger partial charge in [0.25, 0.3) is 0 Å². The first-order chi connectivity index (χ1) is 15.6. The van der Waals surface area contributed by atoms with E-state index in [1.165, 1.54) is 0 Å². The van der Waals surface area contributed by atoms with Gasteiger partial charge in [0.05, 0.1) is 0 Å². The van der Waals surface area contributed by atoms with Gasteiger partial charge in [0.2, 0.25) is 0 Å². The van der Waals surface area contributed by atoms with Crippen LogP contribution in [0.25, 0.3) is 0 Å². The smallest absolute Gasteiger partial charge is 0.0444 e. The Kier molecular flexibility index (Phi) is 4.25. The first kappa shape index (κ1) is 13.2. The predicted octanol–water partition coefficient (Wildman–Crippen LogP) is 3.38. The second-order valence-electron chi connectivity index (χ2n) is 10.4. The summed E-state index contributed by atoms with van der Waals surface area (Å²) in [5.74, 6) is -0.0150. The fourth-order valence-corrected chi connectivity index (χ4v) is 4.36. The summed E-state index contributed by atoms with van der Waals surface area (Å²) in [5.41, 5.74) is -0.934. The molecule has 0 aliphatic carbocycles. The van der Waals surface area contributed by atoms with Crippen LogP contribution >= 0.6 is 0 Å². The van der Waals surface area contributed by atoms with Crippen molar-refractivity contribution in [3.63, 3.8) is 0 Å². The summed E-state index contributed by atoms with van der Waals surface area (Å²) in [6, 6.07) is 0.533. The van der Waals surface area contributed by atoms with E-state index < -0.39 is 31.5 Å². The zero-order chi connectivity index (χ0) is 26.8. The SMILES string of the molecule is [2H]C1([2H])N(CC2CCN(C3CCN(C(C)(C)C)CC3)CC2)C([2H])([2H])C([2H])([2H])N(C(C)(C)C)C1([2H])[2H]. The Morgan fingerprint density at radius 2 is 1.22 bits per heavy atom. The van der Waals surface area contributed by atoms with Gasteiger partial charge in [-0.3, -0.25) is 9.80 Å². The molecule has 3 aliphatic rings. The maximum atomic E-state index is 8.67. The second-order valence-corrected chi connectivity index (χ2v) is 10.4. The fraction of sp³-hybridized carbons (Fsp3) is 1.00. The van der Waals surface area contributed by atoms with Crippen molar-refractivity contribution in [2.24, 2.45) is 5.92 Å². The van der Waals surface area contributed by atoms with Gasteiger partial charge in [-0.25, -0.2) is 0 Å². The van der Waals surface area contributed by atoms with Gasteiger partial charge in [0.1, 0.15) is 0 Å². The number of piperazine rings is 1. The molecular formula is C23H46N4. The lowest BCUT2D eigenvalue weighted by Gasteiger charge is -2.46. The van der Waals surface area contributed by atoms with Gasteiger partial charge in [-0.1, -0.05) is 0 Å². The fourth-order valence-electron chi connectivity index (χ4n) is 4.36. The van der Waals surface area contributed by atoms with Crippen LogP contribution in [-0.2, 0) is 0 Å². The summed E-state index contributed by atoms with van der Waals surface area (Å²) in [6.45, 7) is 4.55. The largest absolute Gasteiger partial charge is 0.301 e. The van der Waals surface area contributed by atoms with E-state index in [4.69, 9.17) is 11.0 Å². The Hall–Kier alpha value is -0.160. The number of piperidine rings is 2. The third-order valence-electron chi connectivity index (χ3n) is 6.28. The number of rotatable bonds is 3. The average Bonchev–Trinajstić information content (AvgIpc) is 2.69. The highest BCUT2D eigenvalue weighted by Crippen LogP contribution is 2.27. The molecule has 0 atom stereocenters. The van der Waals surface area contributed by atoms with Gasteiger partial charge in [-0.2, -0.15) is 0 Å². The molecule has 0 radical (unpaired) electrons. The topological polar surface area (TPSA) is 13.0 Å². The Morgan fingerprint density at radius 3 is 1.70 bits per heavy atom. The lowest BCUT2D eigenvalue weighted by atomic mass is 9.91. The minimum Gasteiger partial charge on any atom is -0.301 e. The Bertz CT molecular complexity index is 718. The molecule has 4 heteroatoms. The van der Waals surface area contributed by atoms with Crippen LogP contribution in [0.15, 0.2) is 0 Å². The molecule has 3 saturated heterocycles. The predicted molar refractivity (Wildman–Crippen MR) is 116 cm³/mol. The van der Waals surface area contributed by atoms with Crippen LogP contribution in [0.1, 0.15) is 78.2 Å². The lowest BCUT2D eigenvalue weighted by Crippen LogP contribution is -2.55. The molecule has 0 amide bonds. The van der Waals surface area contributed by atoms with Crippen molar-refractivity contribution in [2.75, 3.05) is 58.7 Å². The normalized spacial score (nSPS) is 39.2. The molecule has 0 aromatic rings. The highest BCUT2D eigenvalue weighted by Gasteiger charge is 2.32. The molecule has 0 bridgehead atoms. The molecule has 0 aromatic heterocycles. The van der Waals surface area contributed by atoms with E-state index in [9.17, 15) is 0 Å². The minimum absolute atomic E-state index is 0.00664. The summed E-state index contributed by atoms with van der Waals surface area (Å²) in [7, 11) is 0. The number of hydrogen-bond acceptors (Lipinski definition) is 4. The van der Waals surface area contributed by atoms with Gasteiger partial charge in [0, 0.05) is 73.7 Å². The van der Waals surface area contributed by atoms with Gasteiger partial charge < -0.3 is 9.80 Å². The van der Waals surface area contributed by atoms with E-state index in [1.54, 1.807) is 20.8 Å². The van der Waals surface area contributed by atoms with Crippen LogP contribution in [0.3, 0.4) is 0 Å². The van der Waals surface area contributed by atoms with Crippen LogP contribution < -0.4 is 0 Å². The van der Waals surface area contributed by atoms with Crippen molar-refractivity contribution in [1.29, 1.82) is 0 Å². The lowest BCUT2D eigenvalue weighted by molar-refractivity contribution is 0.0274. The standard InChI is InChI=1S/C23H46N4/c1-22(2,3)26-13-9-21(10-14-26)25-11-7-20(8-12-25)19-24-15-17-27(18-16-24)23(4,5)6/h20-21H,7-19H2,1-6H3/i15D2,16D2,17D2,18D2. The average molecular weight is 387 g/mol. The van der Waals surface area contributed by atoms with Crippen LogP contribution in [0.5, 0.6) is 0 Å². The minimum atomic E-state index is -2.72. The quantitative estimate of drug-likeness (QED) is 0.737. The van der Waals surface area contributed by atoms with Crippen molar-refractivity contribution >= 4 is 0 Å². The van der Waals surface area contributed by atoms with Gasteiger partial charge in [-0.15, -0.1) is 0 Å². The molecule has 0 spiro atoms. The summed E-state index contributed by atoms with van der Waals surface area (Å²) >= 11 is 0. The second kappa shape index (κ2) is 8.69. The van der Waals surface area contributed by atoms with Crippen molar-refractivity contribution in [3.05, 3.63) is 0 Å². The maximum absolute atomic E-state index is 8.67. The molecule has 3 heterocycles. The summed E-state index contributed by atoms with van der Waals surface area (Å²) in [6.07, 6.45) is 3.80. The van der Waals surface area contributed by atoms with E-state index >= 15 is 0 Å². The highest BCUT2D eigenvalue weighted by molar-refractivity contribution is 4.88. The van der Waals surface area contributed by atoms with Crippen LogP contribution in [0.4, 0.5) is 0 Å². The monoisotopic (exact) mass is 386 g/mol. The maximum Gasteiger partial charge on any atom is 0.0444 e. The van der Waals surface area contributed by atoms with Gasteiger partial charge in [0.15, 0.2) is 0 Å². The Labute approximate surface area is 180 Å². The summed E-state index contributed by atoms with van der Waals surface area (Å²) in [5, 5.41) is 0. The van der Waals surface area contributed by atoms with E-state index in [-0.39, 0.29) is 18.0 Å². The number of likely N-dealkylation sites (tertiary alicyclic amines) is 2. The molecule has 0 N–H and O–H groups in total. The summed E-state index contributed by atoms with van der Waals surface area (Å²) < 4.78 is 69.1.